The fourth-order valence-electron chi connectivity index (χ4n) is 2.73. The molecule has 34 heavy (non-hydrogen) atoms. The molecule has 0 aliphatic carbocycles. The third-order valence-electron chi connectivity index (χ3n) is 4.47. The van der Waals surface area contributed by atoms with E-state index in [0.717, 1.165) is 0 Å². The monoisotopic (exact) mass is 507 g/mol. The molecule has 0 aliphatic rings. The first-order chi connectivity index (χ1) is 16.1. The van der Waals surface area contributed by atoms with Crippen LogP contribution in [0, 0.1) is 0 Å². The van der Waals surface area contributed by atoms with Gasteiger partial charge in [-0.25, -0.2) is 9.79 Å². The first kappa shape index (κ1) is 25.0. The highest BCUT2D eigenvalue weighted by Crippen LogP contribution is 2.27. The molecule has 0 spiro atoms. The van der Waals surface area contributed by atoms with E-state index in [0.29, 0.717) is 6.08 Å². The molecule has 1 heterocycles. The number of anilines is 1. The molecule has 3 aromatic rings. The Kier molecular flexibility index (Phi) is 7.75. The number of nitrogens with one attached hydrogen (secondary N) is 1. The average Bonchev–Trinajstić information content (AvgIpc) is 3.27. The third-order valence-corrected chi connectivity index (χ3v) is 5.53. The van der Waals surface area contributed by atoms with Crippen LogP contribution in [0.5, 0.6) is 0 Å². The van der Waals surface area contributed by atoms with Crippen molar-refractivity contribution in [1.29, 1.82) is 0 Å². The van der Waals surface area contributed by atoms with Gasteiger partial charge < -0.3 is 15.8 Å². The second-order valence-corrected chi connectivity index (χ2v) is 7.92. The Bertz CT molecular complexity index is 1270. The summed E-state index contributed by atoms with van der Waals surface area (Å²) < 4.78 is 43.8. The van der Waals surface area contributed by atoms with E-state index in [-0.39, 0.29) is 38.8 Å². The standard InChI is InChI=1S/C23H17ClF3N3O3S/c1-33-22(32)15-11-34-12-19(15)30-21(31)14-8-6-13(7-9-14)18(10-20(28)23(25,26)27)29-17-5-3-2-4-16(17)24/h2-12H,28H2,1H3,(H,30,31). The second kappa shape index (κ2) is 10.5. The molecule has 3 N–H and O–H groups in total. The Morgan fingerprint density at radius 1 is 1.09 bits per heavy atom. The van der Waals surface area contributed by atoms with E-state index in [1.54, 1.807) is 35.0 Å². The number of hydrogen-bond acceptors (Lipinski definition) is 6. The zero-order valence-electron chi connectivity index (χ0n) is 17.5. The number of amides is 1. The molecule has 0 bridgehead atoms. The molecule has 176 valence electrons. The third kappa shape index (κ3) is 6.03. The zero-order chi connectivity index (χ0) is 24.9. The maximum absolute atomic E-state index is 13.0. The van der Waals surface area contributed by atoms with Gasteiger partial charge >= 0.3 is 12.1 Å². The van der Waals surface area contributed by atoms with Crippen molar-refractivity contribution >= 4 is 51.9 Å². The van der Waals surface area contributed by atoms with Crippen molar-refractivity contribution in [2.24, 2.45) is 10.7 Å². The highest BCUT2D eigenvalue weighted by atomic mass is 35.5. The summed E-state index contributed by atoms with van der Waals surface area (Å²) >= 11 is 7.31. The summed E-state index contributed by atoms with van der Waals surface area (Å²) in [5.74, 6) is -1.12. The summed E-state index contributed by atoms with van der Waals surface area (Å²) in [7, 11) is 1.23. The van der Waals surface area contributed by atoms with Crippen LogP contribution >= 0.6 is 22.9 Å². The van der Waals surface area contributed by atoms with Gasteiger partial charge in [0.05, 0.1) is 34.8 Å². The van der Waals surface area contributed by atoms with Crippen LogP contribution in [0.2, 0.25) is 5.02 Å². The number of hydrogen-bond donors (Lipinski definition) is 2. The van der Waals surface area contributed by atoms with Crippen molar-refractivity contribution < 1.29 is 27.5 Å². The molecule has 2 aromatic carbocycles. The summed E-state index contributed by atoms with van der Waals surface area (Å²) in [5, 5.41) is 5.98. The lowest BCUT2D eigenvalue weighted by molar-refractivity contribution is -0.0925. The number of ether oxygens (including phenoxy) is 1. The van der Waals surface area contributed by atoms with E-state index < -0.39 is 23.7 Å². The van der Waals surface area contributed by atoms with E-state index in [9.17, 15) is 22.8 Å². The number of alkyl halides is 3. The van der Waals surface area contributed by atoms with Gasteiger partial charge in [0.25, 0.3) is 5.91 Å². The number of nitrogens with zero attached hydrogens (tertiary/aromatic N) is 1. The minimum Gasteiger partial charge on any atom is -0.465 e. The summed E-state index contributed by atoms with van der Waals surface area (Å²) in [6.07, 6.45) is -4.05. The topological polar surface area (TPSA) is 93.8 Å². The number of para-hydroxylation sites is 1. The smallest absolute Gasteiger partial charge is 0.430 e. The molecule has 0 saturated heterocycles. The molecule has 0 fully saturated rings. The number of carbonyl (C=O) groups excluding carboxylic acids is 2. The highest BCUT2D eigenvalue weighted by Gasteiger charge is 2.31. The molecule has 0 saturated carbocycles. The number of aliphatic imine (C=N–C) groups is 1. The summed E-state index contributed by atoms with van der Waals surface area (Å²) in [5.41, 5.74) is 4.99. The van der Waals surface area contributed by atoms with E-state index in [1.807, 2.05) is 0 Å². The molecular weight excluding hydrogens is 491 g/mol. The van der Waals surface area contributed by atoms with Crippen molar-refractivity contribution in [2.75, 3.05) is 12.4 Å². The Morgan fingerprint density at radius 2 is 1.74 bits per heavy atom. The second-order valence-electron chi connectivity index (χ2n) is 6.77. The first-order valence-electron chi connectivity index (χ1n) is 9.54. The number of methoxy groups -OCH3 is 1. The normalized spacial score (nSPS) is 12.4. The van der Waals surface area contributed by atoms with Gasteiger partial charge in [-0.3, -0.25) is 4.79 Å². The number of allylic oxidation sites excluding steroid dienone is 2. The number of rotatable bonds is 6. The minimum absolute atomic E-state index is 0.0966. The largest absolute Gasteiger partial charge is 0.465 e. The first-order valence-corrected chi connectivity index (χ1v) is 10.9. The predicted molar refractivity (Wildman–Crippen MR) is 126 cm³/mol. The fourth-order valence-corrected chi connectivity index (χ4v) is 3.66. The van der Waals surface area contributed by atoms with Gasteiger partial charge in [0.1, 0.15) is 5.70 Å². The van der Waals surface area contributed by atoms with Crippen molar-refractivity contribution in [2.45, 2.75) is 6.18 Å². The summed E-state index contributed by atoms with van der Waals surface area (Å²) in [6, 6.07) is 12.1. The molecular formula is C23H17ClF3N3O3S. The van der Waals surface area contributed by atoms with Crippen LogP contribution in [0.15, 0.2) is 76.1 Å². The molecule has 0 atom stereocenters. The van der Waals surface area contributed by atoms with Gasteiger partial charge in [-0.1, -0.05) is 35.9 Å². The van der Waals surface area contributed by atoms with Crippen LogP contribution < -0.4 is 11.1 Å². The molecule has 6 nitrogen and oxygen atoms in total. The zero-order valence-corrected chi connectivity index (χ0v) is 19.1. The van der Waals surface area contributed by atoms with Gasteiger partial charge in [-0.15, -0.1) is 11.3 Å². The maximum Gasteiger partial charge on any atom is 0.430 e. The van der Waals surface area contributed by atoms with E-state index in [1.165, 1.54) is 42.7 Å². The lowest BCUT2D eigenvalue weighted by atomic mass is 10.1. The van der Waals surface area contributed by atoms with Gasteiger partial charge in [0.2, 0.25) is 0 Å². The quantitative estimate of drug-likeness (QED) is 0.317. The minimum atomic E-state index is -4.75. The molecule has 1 amide bonds. The van der Waals surface area contributed by atoms with Gasteiger partial charge in [0, 0.05) is 21.9 Å². The van der Waals surface area contributed by atoms with Gasteiger partial charge in [-0.05, 0) is 30.3 Å². The van der Waals surface area contributed by atoms with Crippen LogP contribution in [-0.2, 0) is 4.74 Å². The number of benzene rings is 2. The van der Waals surface area contributed by atoms with Gasteiger partial charge in [-0.2, -0.15) is 13.2 Å². The average molecular weight is 508 g/mol. The number of halogens is 4. The number of nitrogens with two attached hydrogens (primary N) is 1. The van der Waals surface area contributed by atoms with E-state index in [2.05, 4.69) is 15.0 Å². The Balaban J connectivity index is 1.92. The number of thiophene rings is 1. The van der Waals surface area contributed by atoms with E-state index in [4.69, 9.17) is 17.3 Å². The molecule has 1 aromatic heterocycles. The van der Waals surface area contributed by atoms with Crippen LogP contribution in [0.1, 0.15) is 26.3 Å². The van der Waals surface area contributed by atoms with Crippen molar-refractivity contribution in [3.63, 3.8) is 0 Å². The van der Waals surface area contributed by atoms with Crippen LogP contribution in [0.25, 0.3) is 0 Å². The summed E-state index contributed by atoms with van der Waals surface area (Å²) in [4.78, 5) is 28.6. The molecule has 3 rings (SSSR count). The van der Waals surface area contributed by atoms with Crippen molar-refractivity contribution in [3.8, 4) is 0 Å². The molecule has 11 heteroatoms. The van der Waals surface area contributed by atoms with Gasteiger partial charge in [0.15, 0.2) is 0 Å². The van der Waals surface area contributed by atoms with Crippen molar-refractivity contribution in [3.05, 3.63) is 92.8 Å². The molecule has 0 aliphatic heterocycles. The van der Waals surface area contributed by atoms with Crippen molar-refractivity contribution in [1.82, 2.24) is 0 Å². The molecule has 0 radical (unpaired) electrons. The van der Waals surface area contributed by atoms with Crippen LogP contribution in [0.4, 0.5) is 24.5 Å². The fraction of sp³-hybridized carbons (Fsp3) is 0.0870. The summed E-state index contributed by atoms with van der Waals surface area (Å²) in [6.45, 7) is 0. The Hall–Kier alpha value is -3.63. The maximum atomic E-state index is 13.0. The number of esters is 1. The highest BCUT2D eigenvalue weighted by molar-refractivity contribution is 7.08. The number of carbonyl (C=O) groups is 2. The lowest BCUT2D eigenvalue weighted by Crippen LogP contribution is -2.21. The Morgan fingerprint density at radius 3 is 2.35 bits per heavy atom. The van der Waals surface area contributed by atoms with Crippen LogP contribution in [-0.4, -0.2) is 30.9 Å². The van der Waals surface area contributed by atoms with Crippen LogP contribution in [0.3, 0.4) is 0 Å². The van der Waals surface area contributed by atoms with E-state index >= 15 is 0 Å². The molecule has 0 unspecified atom stereocenters. The predicted octanol–water partition coefficient (Wildman–Crippen LogP) is 5.97. The SMILES string of the molecule is COC(=O)c1cscc1NC(=O)c1ccc(C(C=C(N)C(F)(F)F)=Nc2ccccc2Cl)cc1. The lowest BCUT2D eigenvalue weighted by Gasteiger charge is -2.10. The Labute approximate surface area is 201 Å².